The van der Waals surface area contributed by atoms with Crippen molar-refractivity contribution in [3.05, 3.63) is 46.2 Å². The highest BCUT2D eigenvalue weighted by molar-refractivity contribution is 6.32. The van der Waals surface area contributed by atoms with Gasteiger partial charge < -0.3 is 10.4 Å². The number of H-pyrrole nitrogens is 1. The molecule has 0 fully saturated rings. The smallest absolute Gasteiger partial charge is 0.328 e. The number of carboxylic acid groups (broad SMARTS) is 1. The molecule has 0 atom stereocenters. The Kier molecular flexibility index (Phi) is 4.62. The lowest BCUT2D eigenvalue weighted by Crippen LogP contribution is -2.23. The second-order valence-corrected chi connectivity index (χ2v) is 4.33. The zero-order valence-electron chi connectivity index (χ0n) is 10.6. The van der Waals surface area contributed by atoms with Crippen LogP contribution in [0.4, 0.5) is 0 Å². The van der Waals surface area contributed by atoms with Crippen LogP contribution in [0.5, 0.6) is 0 Å². The Morgan fingerprint density at radius 2 is 2.24 bits per heavy atom. The second kappa shape index (κ2) is 6.62. The number of nitrogens with zero attached hydrogens (tertiary/aromatic N) is 3. The lowest BCUT2D eigenvalue weighted by Gasteiger charge is -2.05. The highest BCUT2D eigenvalue weighted by atomic mass is 35.5. The number of nitrogens with one attached hydrogen (secondary N) is 2. The molecule has 1 amide bonds. The van der Waals surface area contributed by atoms with Crippen molar-refractivity contribution in [2.24, 2.45) is 0 Å². The number of tetrazole rings is 1. The molecule has 3 N–H and O–H groups in total. The molecule has 108 valence electrons. The van der Waals surface area contributed by atoms with Crippen LogP contribution in [0.3, 0.4) is 0 Å². The molecule has 0 saturated heterocycles. The second-order valence-electron chi connectivity index (χ2n) is 3.92. The lowest BCUT2D eigenvalue weighted by molar-refractivity contribution is -0.131. The van der Waals surface area contributed by atoms with Gasteiger partial charge >= 0.3 is 5.97 Å². The quantitative estimate of drug-likeness (QED) is 0.705. The third-order valence-corrected chi connectivity index (χ3v) is 2.79. The maximum absolute atomic E-state index is 11.9. The van der Waals surface area contributed by atoms with Gasteiger partial charge in [-0.25, -0.2) is 4.79 Å². The zero-order chi connectivity index (χ0) is 15.2. The predicted molar refractivity (Wildman–Crippen MR) is 73.5 cm³/mol. The van der Waals surface area contributed by atoms with Crippen molar-refractivity contribution in [2.75, 3.05) is 0 Å². The molecule has 1 heterocycles. The van der Waals surface area contributed by atoms with Crippen LogP contribution in [-0.2, 0) is 11.3 Å². The number of aromatic nitrogens is 4. The summed E-state index contributed by atoms with van der Waals surface area (Å²) in [6, 6.07) is 4.55. The number of hydrogen-bond acceptors (Lipinski definition) is 5. The molecule has 1 aromatic heterocycles. The molecule has 0 aliphatic rings. The Hall–Kier alpha value is -2.74. The minimum atomic E-state index is -1.08. The monoisotopic (exact) mass is 307 g/mol. The van der Waals surface area contributed by atoms with Crippen molar-refractivity contribution in [2.45, 2.75) is 6.54 Å². The number of rotatable bonds is 5. The van der Waals surface area contributed by atoms with Crippen molar-refractivity contribution in [3.8, 4) is 0 Å². The molecule has 0 bridgehead atoms. The van der Waals surface area contributed by atoms with E-state index in [1.807, 2.05) is 0 Å². The standard InChI is InChI=1S/C12H10ClN5O3/c13-9-5-8(2-1-7(9)3-4-11(19)20)12(21)14-6-10-15-17-18-16-10/h1-5H,6H2,(H,14,21)(H,19,20)(H,15,16,17,18)/b4-3+. The molecule has 9 heteroatoms. The van der Waals surface area contributed by atoms with Crippen molar-refractivity contribution >= 4 is 29.6 Å². The topological polar surface area (TPSA) is 121 Å². The SMILES string of the molecule is O=C(O)/C=C/c1ccc(C(=O)NCc2nn[nH]n2)cc1Cl. The van der Waals surface area contributed by atoms with Crippen LogP contribution in [0.25, 0.3) is 6.08 Å². The van der Waals surface area contributed by atoms with Gasteiger partial charge in [0.05, 0.1) is 6.54 Å². The average Bonchev–Trinajstić information content (AvgIpc) is 2.96. The van der Waals surface area contributed by atoms with E-state index in [-0.39, 0.29) is 17.5 Å². The number of amides is 1. The molecule has 0 unspecified atom stereocenters. The number of aliphatic carboxylic acids is 1. The van der Waals surface area contributed by atoms with Gasteiger partial charge in [-0.3, -0.25) is 4.79 Å². The van der Waals surface area contributed by atoms with Crippen LogP contribution in [0, 0.1) is 0 Å². The highest BCUT2D eigenvalue weighted by Gasteiger charge is 2.09. The number of benzene rings is 1. The van der Waals surface area contributed by atoms with E-state index in [2.05, 4.69) is 25.9 Å². The first kappa shape index (κ1) is 14.7. The molecule has 0 aliphatic heterocycles. The minimum absolute atomic E-state index is 0.133. The van der Waals surface area contributed by atoms with Gasteiger partial charge in [0.2, 0.25) is 0 Å². The van der Waals surface area contributed by atoms with E-state index in [1.165, 1.54) is 12.1 Å². The summed E-state index contributed by atoms with van der Waals surface area (Å²) >= 11 is 5.99. The van der Waals surface area contributed by atoms with Crippen LogP contribution in [-0.4, -0.2) is 37.6 Å². The Morgan fingerprint density at radius 3 is 2.86 bits per heavy atom. The van der Waals surface area contributed by atoms with Gasteiger partial charge in [0.1, 0.15) is 0 Å². The first-order valence-electron chi connectivity index (χ1n) is 5.77. The third kappa shape index (κ3) is 4.11. The van der Waals surface area contributed by atoms with E-state index in [0.29, 0.717) is 17.0 Å². The summed E-state index contributed by atoms with van der Waals surface area (Å²) in [4.78, 5) is 22.3. The summed E-state index contributed by atoms with van der Waals surface area (Å²) in [5.74, 6) is -1.07. The first-order valence-corrected chi connectivity index (χ1v) is 6.15. The molecule has 0 spiro atoms. The van der Waals surface area contributed by atoms with Crippen LogP contribution in [0.2, 0.25) is 5.02 Å². The first-order chi connectivity index (χ1) is 10.1. The molecule has 1 aromatic carbocycles. The molecule has 2 rings (SSSR count). The summed E-state index contributed by atoms with van der Waals surface area (Å²) in [6.07, 6.45) is 2.32. The molecule has 0 saturated carbocycles. The number of aromatic amines is 1. The van der Waals surface area contributed by atoms with Crippen molar-refractivity contribution in [3.63, 3.8) is 0 Å². The number of hydrogen-bond donors (Lipinski definition) is 3. The molecule has 8 nitrogen and oxygen atoms in total. The van der Waals surface area contributed by atoms with E-state index in [0.717, 1.165) is 6.08 Å². The Labute approximate surface area is 123 Å². The van der Waals surface area contributed by atoms with E-state index in [4.69, 9.17) is 16.7 Å². The minimum Gasteiger partial charge on any atom is -0.478 e. The predicted octanol–water partition coefficient (Wildman–Crippen LogP) is 0.881. The summed E-state index contributed by atoms with van der Waals surface area (Å²) in [7, 11) is 0. The summed E-state index contributed by atoms with van der Waals surface area (Å²) < 4.78 is 0. The number of carbonyl (C=O) groups excluding carboxylic acids is 1. The van der Waals surface area contributed by atoms with Gasteiger partial charge in [-0.15, -0.1) is 10.2 Å². The normalized spacial score (nSPS) is 10.7. The maximum atomic E-state index is 11.9. The fourth-order valence-electron chi connectivity index (χ4n) is 1.48. The lowest BCUT2D eigenvalue weighted by atomic mass is 10.1. The van der Waals surface area contributed by atoms with Gasteiger partial charge in [0.25, 0.3) is 5.91 Å². The summed E-state index contributed by atoms with van der Waals surface area (Å²) in [5, 5.41) is 24.5. The number of carboxylic acids is 1. The largest absolute Gasteiger partial charge is 0.478 e. The molecular formula is C12H10ClN5O3. The van der Waals surface area contributed by atoms with E-state index in [1.54, 1.807) is 12.1 Å². The van der Waals surface area contributed by atoms with E-state index in [9.17, 15) is 9.59 Å². The number of carbonyl (C=O) groups is 2. The van der Waals surface area contributed by atoms with E-state index >= 15 is 0 Å². The Morgan fingerprint density at radius 1 is 1.43 bits per heavy atom. The van der Waals surface area contributed by atoms with Gasteiger partial charge in [-0.1, -0.05) is 22.9 Å². The summed E-state index contributed by atoms with van der Waals surface area (Å²) in [6.45, 7) is 0.133. The van der Waals surface area contributed by atoms with Gasteiger partial charge in [0, 0.05) is 16.7 Å². The Balaban J connectivity index is 2.05. The van der Waals surface area contributed by atoms with Gasteiger partial charge in [0.15, 0.2) is 5.82 Å². The van der Waals surface area contributed by atoms with Crippen LogP contribution < -0.4 is 5.32 Å². The maximum Gasteiger partial charge on any atom is 0.328 e. The highest BCUT2D eigenvalue weighted by Crippen LogP contribution is 2.19. The molecular weight excluding hydrogens is 298 g/mol. The summed E-state index contributed by atoms with van der Waals surface area (Å²) in [5.41, 5.74) is 0.852. The van der Waals surface area contributed by atoms with Crippen LogP contribution in [0.15, 0.2) is 24.3 Å². The van der Waals surface area contributed by atoms with Crippen molar-refractivity contribution < 1.29 is 14.7 Å². The third-order valence-electron chi connectivity index (χ3n) is 2.46. The van der Waals surface area contributed by atoms with Crippen molar-refractivity contribution in [1.82, 2.24) is 25.9 Å². The number of halogens is 1. The van der Waals surface area contributed by atoms with E-state index < -0.39 is 5.97 Å². The van der Waals surface area contributed by atoms with Crippen LogP contribution in [0.1, 0.15) is 21.7 Å². The molecule has 0 aliphatic carbocycles. The van der Waals surface area contributed by atoms with Gasteiger partial charge in [-0.2, -0.15) is 5.21 Å². The van der Waals surface area contributed by atoms with Crippen LogP contribution >= 0.6 is 11.6 Å². The van der Waals surface area contributed by atoms with Crippen molar-refractivity contribution in [1.29, 1.82) is 0 Å². The zero-order valence-corrected chi connectivity index (χ0v) is 11.3. The molecule has 2 aromatic rings. The molecule has 0 radical (unpaired) electrons. The fourth-order valence-corrected chi connectivity index (χ4v) is 1.73. The van der Waals surface area contributed by atoms with Gasteiger partial charge in [-0.05, 0) is 23.8 Å². The molecule has 21 heavy (non-hydrogen) atoms. The average molecular weight is 308 g/mol. The fraction of sp³-hybridized carbons (Fsp3) is 0.0833. The Bertz CT molecular complexity index is 684.